The van der Waals surface area contributed by atoms with Crippen LogP contribution in [0.2, 0.25) is 0 Å². The number of hydrogen-bond donors (Lipinski definition) is 0. The highest BCUT2D eigenvalue weighted by Crippen LogP contribution is 2.39. The van der Waals surface area contributed by atoms with E-state index in [1.807, 2.05) is 6.92 Å². The van der Waals surface area contributed by atoms with Crippen LogP contribution in [-0.4, -0.2) is 79.2 Å². The van der Waals surface area contributed by atoms with Crippen molar-refractivity contribution in [1.29, 1.82) is 0 Å². The Morgan fingerprint density at radius 2 is 1.20 bits per heavy atom. The summed E-state index contributed by atoms with van der Waals surface area (Å²) in [5, 5.41) is 0. The van der Waals surface area contributed by atoms with Crippen LogP contribution < -0.4 is 14.5 Å². The minimum atomic E-state index is 0.0407. The molecule has 1 aliphatic rings. The van der Waals surface area contributed by atoms with E-state index in [1.54, 1.807) is 0 Å². The van der Waals surface area contributed by atoms with Crippen LogP contribution in [0.25, 0.3) is 0 Å². The minimum absolute atomic E-state index is 0.0407. The van der Waals surface area contributed by atoms with E-state index in [0.717, 1.165) is 69.0 Å². The van der Waals surface area contributed by atoms with Gasteiger partial charge in [0.1, 0.15) is 5.75 Å². The predicted octanol–water partition coefficient (Wildman–Crippen LogP) is 9.44. The van der Waals surface area contributed by atoms with Crippen LogP contribution in [0.15, 0.2) is 59.1 Å². The predicted molar refractivity (Wildman–Crippen MR) is 203 cm³/mol. The van der Waals surface area contributed by atoms with Gasteiger partial charge in [0.15, 0.2) is 0 Å². The monoisotopic (exact) mass is 770 g/mol. The van der Waals surface area contributed by atoms with Crippen molar-refractivity contribution in [3.63, 3.8) is 0 Å². The summed E-state index contributed by atoms with van der Waals surface area (Å²) in [5.41, 5.74) is 8.70. The largest absolute Gasteiger partial charge is 0.493 e. The number of anilines is 2. The Morgan fingerprint density at radius 1 is 0.717 bits per heavy atom. The molecule has 0 aliphatic carbocycles. The third-order valence-electron chi connectivity index (χ3n) is 8.68. The van der Waals surface area contributed by atoms with E-state index in [4.69, 9.17) is 51.1 Å². The third kappa shape index (κ3) is 9.84. The van der Waals surface area contributed by atoms with E-state index in [0.29, 0.717) is 30.1 Å². The molecule has 252 valence electrons. The summed E-state index contributed by atoms with van der Waals surface area (Å²) in [6.07, 6.45) is 1.13. The van der Waals surface area contributed by atoms with Crippen LogP contribution in [0.5, 0.6) is 5.75 Å². The van der Waals surface area contributed by atoms with Gasteiger partial charge >= 0.3 is 0 Å². The summed E-state index contributed by atoms with van der Waals surface area (Å²) in [4.78, 5) is 9.74. The smallest absolute Gasteiger partial charge is 0.125 e. The zero-order valence-corrected chi connectivity index (χ0v) is 31.9. The number of ether oxygens (including phenoxy) is 1. The van der Waals surface area contributed by atoms with Crippen LogP contribution in [0.4, 0.5) is 11.4 Å². The van der Waals surface area contributed by atoms with Gasteiger partial charge in [-0.25, -0.2) is 0 Å². The standard InChI is InChI=1S/C36H47BrCl4N4O/c1-4-46-35-11-8-31(37)24-34(35)36-44(25-29-6-9-32(22-27(29)2)42(18-12-38)19-13-39)16-5-17-45(36)26-30-7-10-33(23-28(30)3)43(20-14-40)21-15-41/h6-11,22-24,36H,4-5,12-21,25-26H2,1-3H3. The van der Waals surface area contributed by atoms with Crippen molar-refractivity contribution in [2.75, 3.05) is 79.2 Å². The van der Waals surface area contributed by atoms with E-state index in [1.165, 1.54) is 39.2 Å². The molecule has 0 aromatic heterocycles. The quantitative estimate of drug-likeness (QED) is 0.127. The first kappa shape index (κ1) is 37.4. The van der Waals surface area contributed by atoms with Gasteiger partial charge in [-0.05, 0) is 91.9 Å². The molecular weight excluding hydrogens is 726 g/mol. The zero-order valence-electron chi connectivity index (χ0n) is 27.3. The van der Waals surface area contributed by atoms with Gasteiger partial charge < -0.3 is 14.5 Å². The number of benzene rings is 3. The molecule has 0 N–H and O–H groups in total. The normalized spacial score (nSPS) is 14.5. The fraction of sp³-hybridized carbons (Fsp3) is 0.500. The summed E-state index contributed by atoms with van der Waals surface area (Å²) >= 11 is 28.2. The third-order valence-corrected chi connectivity index (χ3v) is 9.85. The van der Waals surface area contributed by atoms with Gasteiger partial charge in [0.25, 0.3) is 0 Å². The fourth-order valence-electron chi connectivity index (χ4n) is 6.38. The molecule has 3 aromatic rings. The molecule has 1 fully saturated rings. The summed E-state index contributed by atoms with van der Waals surface area (Å²) in [5.74, 6) is 3.21. The van der Waals surface area contributed by atoms with Crippen LogP contribution in [0, 0.1) is 13.8 Å². The summed E-state index contributed by atoms with van der Waals surface area (Å²) in [6.45, 7) is 13.8. The SMILES string of the molecule is CCOc1ccc(Br)cc1C1N(Cc2ccc(N(CCCl)CCCl)cc2C)CCCN1Cc1ccc(N(CCCl)CCCl)cc1C. The second kappa shape index (κ2) is 19.0. The highest BCUT2D eigenvalue weighted by Gasteiger charge is 2.33. The molecule has 46 heavy (non-hydrogen) atoms. The molecule has 0 unspecified atom stereocenters. The van der Waals surface area contributed by atoms with Crippen LogP contribution in [0.1, 0.15) is 47.3 Å². The van der Waals surface area contributed by atoms with E-state index < -0.39 is 0 Å². The number of aryl methyl sites for hydroxylation is 2. The second-order valence-electron chi connectivity index (χ2n) is 11.7. The Hall–Kier alpha value is -1.38. The number of nitrogens with zero attached hydrogens (tertiary/aromatic N) is 4. The lowest BCUT2D eigenvalue weighted by atomic mass is 10.0. The summed E-state index contributed by atoms with van der Waals surface area (Å²) in [7, 11) is 0. The molecule has 1 aliphatic heterocycles. The first-order valence-electron chi connectivity index (χ1n) is 16.2. The van der Waals surface area contributed by atoms with Crippen LogP contribution in [-0.2, 0) is 13.1 Å². The van der Waals surface area contributed by atoms with Gasteiger partial charge in [-0.15, -0.1) is 46.4 Å². The molecule has 0 bridgehead atoms. The number of hydrogen-bond acceptors (Lipinski definition) is 5. The van der Waals surface area contributed by atoms with E-state index in [2.05, 4.69) is 104 Å². The maximum atomic E-state index is 6.24. The summed E-state index contributed by atoms with van der Waals surface area (Å²) < 4.78 is 7.29. The number of halogens is 5. The molecule has 1 heterocycles. The average molecular weight is 774 g/mol. The molecule has 4 rings (SSSR count). The van der Waals surface area contributed by atoms with Gasteiger partial charge in [0.2, 0.25) is 0 Å². The van der Waals surface area contributed by atoms with Crippen molar-refractivity contribution in [3.05, 3.63) is 86.9 Å². The van der Waals surface area contributed by atoms with Crippen molar-refractivity contribution in [3.8, 4) is 5.75 Å². The Bertz CT molecular complexity index is 1310. The maximum absolute atomic E-state index is 6.24. The highest BCUT2D eigenvalue weighted by molar-refractivity contribution is 9.10. The van der Waals surface area contributed by atoms with Gasteiger partial charge in [-0.3, -0.25) is 9.80 Å². The van der Waals surface area contributed by atoms with Crippen LogP contribution in [0.3, 0.4) is 0 Å². The first-order valence-corrected chi connectivity index (χ1v) is 19.1. The number of alkyl halides is 4. The van der Waals surface area contributed by atoms with E-state index >= 15 is 0 Å². The molecule has 0 amide bonds. The second-order valence-corrected chi connectivity index (χ2v) is 14.2. The van der Waals surface area contributed by atoms with Crippen molar-refractivity contribution >= 4 is 73.7 Å². The highest BCUT2D eigenvalue weighted by atomic mass is 79.9. The van der Waals surface area contributed by atoms with Crippen molar-refractivity contribution in [2.24, 2.45) is 0 Å². The zero-order chi connectivity index (χ0) is 33.1. The minimum Gasteiger partial charge on any atom is -0.493 e. The molecule has 10 heteroatoms. The van der Waals surface area contributed by atoms with Crippen molar-refractivity contribution < 1.29 is 4.74 Å². The lowest BCUT2D eigenvalue weighted by Gasteiger charge is -2.45. The Labute approximate surface area is 304 Å². The van der Waals surface area contributed by atoms with Gasteiger partial charge in [0, 0.05) is 97.3 Å². The Balaban J connectivity index is 1.68. The van der Waals surface area contributed by atoms with Gasteiger partial charge in [-0.1, -0.05) is 28.1 Å². The fourth-order valence-corrected chi connectivity index (χ4v) is 7.57. The average Bonchev–Trinajstić information content (AvgIpc) is 3.04. The number of rotatable bonds is 17. The molecule has 0 saturated carbocycles. The lowest BCUT2D eigenvalue weighted by Crippen LogP contribution is -2.47. The molecule has 0 spiro atoms. The van der Waals surface area contributed by atoms with E-state index in [-0.39, 0.29) is 6.17 Å². The van der Waals surface area contributed by atoms with Gasteiger partial charge in [0.05, 0.1) is 12.8 Å². The van der Waals surface area contributed by atoms with Crippen molar-refractivity contribution in [1.82, 2.24) is 9.80 Å². The maximum Gasteiger partial charge on any atom is 0.125 e. The summed E-state index contributed by atoms with van der Waals surface area (Å²) in [6, 6.07) is 19.9. The molecular formula is C36H47BrCl4N4O. The lowest BCUT2D eigenvalue weighted by molar-refractivity contribution is -0.0108. The molecule has 5 nitrogen and oxygen atoms in total. The van der Waals surface area contributed by atoms with Crippen molar-refractivity contribution in [2.45, 2.75) is 46.4 Å². The molecule has 3 aromatic carbocycles. The van der Waals surface area contributed by atoms with E-state index in [9.17, 15) is 0 Å². The van der Waals surface area contributed by atoms with Gasteiger partial charge in [-0.2, -0.15) is 0 Å². The molecule has 0 atom stereocenters. The Kier molecular flexibility index (Phi) is 15.4. The Morgan fingerprint density at radius 3 is 1.61 bits per heavy atom. The van der Waals surface area contributed by atoms with Crippen LogP contribution >= 0.6 is 62.3 Å². The molecule has 1 saturated heterocycles. The topological polar surface area (TPSA) is 22.2 Å². The molecule has 0 radical (unpaired) electrons. The first-order chi connectivity index (χ1) is 22.3.